The van der Waals surface area contributed by atoms with Gasteiger partial charge >= 0.3 is 0 Å². The van der Waals surface area contributed by atoms with Crippen molar-refractivity contribution in [2.24, 2.45) is 11.0 Å². The summed E-state index contributed by atoms with van der Waals surface area (Å²) < 4.78 is 22.9. The third-order valence-corrected chi connectivity index (χ3v) is 4.58. The zero-order valence-corrected chi connectivity index (χ0v) is 13.2. The topological polar surface area (TPSA) is 75.6 Å². The van der Waals surface area contributed by atoms with Crippen molar-refractivity contribution in [3.8, 4) is 0 Å². The van der Waals surface area contributed by atoms with Crippen LogP contribution in [0, 0.1) is 5.92 Å². The highest BCUT2D eigenvalue weighted by Crippen LogP contribution is 2.22. The van der Waals surface area contributed by atoms with Crippen LogP contribution in [0.4, 0.5) is 0 Å². The van der Waals surface area contributed by atoms with Crippen LogP contribution in [0.1, 0.15) is 18.9 Å². The molecule has 1 heterocycles. The largest absolute Gasteiger partial charge is 0.273 e. The second-order valence-electron chi connectivity index (χ2n) is 4.97. The van der Waals surface area contributed by atoms with Crippen LogP contribution in [0.3, 0.4) is 0 Å². The van der Waals surface area contributed by atoms with E-state index in [2.05, 4.69) is 10.5 Å². The van der Waals surface area contributed by atoms with Crippen LogP contribution < -0.4 is 5.43 Å². The van der Waals surface area contributed by atoms with E-state index in [-0.39, 0.29) is 16.7 Å². The van der Waals surface area contributed by atoms with E-state index in [0.717, 1.165) is 12.0 Å². The van der Waals surface area contributed by atoms with Gasteiger partial charge in [0.05, 0.1) is 10.6 Å². The lowest BCUT2D eigenvalue weighted by Crippen LogP contribution is -2.30. The number of carbonyl (C=O) groups is 1. The van der Waals surface area contributed by atoms with E-state index in [4.69, 9.17) is 11.6 Å². The number of allylic oxidation sites excluding steroid dienone is 1. The summed E-state index contributed by atoms with van der Waals surface area (Å²) in [5.41, 5.74) is 3.87. The van der Waals surface area contributed by atoms with Gasteiger partial charge in [-0.1, -0.05) is 30.7 Å². The maximum absolute atomic E-state index is 11.4. The molecule has 0 saturated carbocycles. The molecule has 0 saturated heterocycles. The Morgan fingerprint density at radius 3 is 2.67 bits per heavy atom. The Bertz CT molecular complexity index is 739. The number of nitrogens with zero attached hydrogens (tertiary/aromatic N) is 1. The Balaban J connectivity index is 2.24. The van der Waals surface area contributed by atoms with Gasteiger partial charge in [0.2, 0.25) is 5.91 Å². The van der Waals surface area contributed by atoms with Crippen molar-refractivity contribution in [2.75, 3.05) is 6.26 Å². The van der Waals surface area contributed by atoms with Gasteiger partial charge in [0.25, 0.3) is 0 Å². The first-order valence-corrected chi connectivity index (χ1v) is 8.58. The molecular weight excluding hydrogens is 312 g/mol. The van der Waals surface area contributed by atoms with Crippen LogP contribution >= 0.6 is 11.6 Å². The van der Waals surface area contributed by atoms with Crippen LogP contribution in [-0.4, -0.2) is 26.3 Å². The summed E-state index contributed by atoms with van der Waals surface area (Å²) in [6.45, 7) is 1.91. The summed E-state index contributed by atoms with van der Waals surface area (Å²) >= 11 is 6.09. The summed E-state index contributed by atoms with van der Waals surface area (Å²) in [4.78, 5) is 11.3. The normalized spacial score (nSPS) is 19.5. The van der Waals surface area contributed by atoms with Crippen LogP contribution in [0.5, 0.6) is 0 Å². The van der Waals surface area contributed by atoms with Crippen molar-refractivity contribution in [1.29, 1.82) is 0 Å². The smallest absolute Gasteiger partial charge is 0.240 e. The van der Waals surface area contributed by atoms with Gasteiger partial charge in [0, 0.05) is 23.6 Å². The molecule has 1 aromatic carbocycles. The molecule has 0 spiro atoms. The highest BCUT2D eigenvalue weighted by atomic mass is 35.5. The third kappa shape index (κ3) is 3.92. The lowest BCUT2D eigenvalue weighted by molar-refractivity contribution is -0.121. The van der Waals surface area contributed by atoms with Gasteiger partial charge in [-0.2, -0.15) is 5.10 Å². The molecule has 2 rings (SSSR count). The Hall–Kier alpha value is -1.66. The average molecular weight is 327 g/mol. The average Bonchev–Trinajstić information content (AvgIpc) is 2.38. The standard InChI is InChI=1S/C14H15ClN2O3S/c1-9-7-14(18)17-16-13(9)6-4-10-3-5-11(8-12(10)15)21(2,19)20/h3-6,8-9H,7H2,1-2H3,(H,17,18). The summed E-state index contributed by atoms with van der Waals surface area (Å²) in [7, 11) is -3.27. The van der Waals surface area contributed by atoms with Gasteiger partial charge < -0.3 is 0 Å². The molecule has 1 amide bonds. The molecule has 0 fully saturated rings. The van der Waals surface area contributed by atoms with Gasteiger partial charge in [0.1, 0.15) is 0 Å². The molecular formula is C14H15ClN2O3S. The van der Waals surface area contributed by atoms with E-state index in [0.29, 0.717) is 17.0 Å². The lowest BCUT2D eigenvalue weighted by Gasteiger charge is -2.16. The van der Waals surface area contributed by atoms with Crippen LogP contribution in [0.15, 0.2) is 34.3 Å². The third-order valence-electron chi connectivity index (χ3n) is 3.14. The van der Waals surface area contributed by atoms with E-state index >= 15 is 0 Å². The van der Waals surface area contributed by atoms with Gasteiger partial charge in [-0.05, 0) is 23.8 Å². The molecule has 1 atom stereocenters. The fraction of sp³-hybridized carbons (Fsp3) is 0.286. The van der Waals surface area contributed by atoms with Crippen molar-refractivity contribution in [1.82, 2.24) is 5.43 Å². The second-order valence-corrected chi connectivity index (χ2v) is 7.39. The summed E-state index contributed by atoms with van der Waals surface area (Å²) in [6.07, 6.45) is 5.05. The minimum absolute atomic E-state index is 0.0315. The molecule has 1 unspecified atom stereocenters. The highest BCUT2D eigenvalue weighted by molar-refractivity contribution is 7.90. The van der Waals surface area contributed by atoms with Crippen molar-refractivity contribution in [3.05, 3.63) is 34.9 Å². The zero-order valence-electron chi connectivity index (χ0n) is 11.6. The maximum atomic E-state index is 11.4. The van der Waals surface area contributed by atoms with E-state index in [1.165, 1.54) is 12.1 Å². The fourth-order valence-electron chi connectivity index (χ4n) is 1.92. The number of hydrazone groups is 1. The number of amides is 1. The number of benzene rings is 1. The molecule has 1 N–H and O–H groups in total. The monoisotopic (exact) mass is 326 g/mol. The summed E-state index contributed by atoms with van der Waals surface area (Å²) in [5.74, 6) is -0.0701. The van der Waals surface area contributed by atoms with Crippen LogP contribution in [0.25, 0.3) is 6.08 Å². The van der Waals surface area contributed by atoms with Gasteiger partial charge in [-0.25, -0.2) is 13.8 Å². The lowest BCUT2D eigenvalue weighted by atomic mass is 9.99. The first-order chi connectivity index (χ1) is 9.77. The Morgan fingerprint density at radius 1 is 1.38 bits per heavy atom. The van der Waals surface area contributed by atoms with Crippen molar-refractivity contribution in [3.63, 3.8) is 0 Å². The summed E-state index contributed by atoms with van der Waals surface area (Å²) in [6, 6.07) is 4.57. The molecule has 21 heavy (non-hydrogen) atoms. The molecule has 1 aliphatic heterocycles. The van der Waals surface area contributed by atoms with Crippen molar-refractivity contribution >= 4 is 39.1 Å². The number of halogens is 1. The predicted octanol–water partition coefficient (Wildman–Crippen LogP) is 2.27. The molecule has 0 radical (unpaired) electrons. The molecule has 7 heteroatoms. The number of carbonyl (C=O) groups excluding carboxylic acids is 1. The SMILES string of the molecule is CC1CC(=O)NN=C1C=Cc1ccc(S(C)(=O)=O)cc1Cl. The maximum Gasteiger partial charge on any atom is 0.240 e. The molecule has 0 bridgehead atoms. The quantitative estimate of drug-likeness (QED) is 0.925. The number of nitrogens with one attached hydrogen (secondary N) is 1. The van der Waals surface area contributed by atoms with E-state index in [1.54, 1.807) is 18.2 Å². The van der Waals surface area contributed by atoms with E-state index in [9.17, 15) is 13.2 Å². The van der Waals surface area contributed by atoms with Gasteiger partial charge in [-0.15, -0.1) is 0 Å². The second kappa shape index (κ2) is 5.99. The number of hydrogen-bond acceptors (Lipinski definition) is 4. The first kappa shape index (κ1) is 15.7. The molecule has 112 valence electrons. The van der Waals surface area contributed by atoms with Crippen molar-refractivity contribution < 1.29 is 13.2 Å². The predicted molar refractivity (Wildman–Crippen MR) is 83.0 cm³/mol. The number of sulfone groups is 1. The van der Waals surface area contributed by atoms with Gasteiger partial charge in [0.15, 0.2) is 9.84 Å². The molecule has 1 aliphatic rings. The first-order valence-electron chi connectivity index (χ1n) is 6.31. The molecule has 0 aliphatic carbocycles. The van der Waals surface area contributed by atoms with Gasteiger partial charge in [-0.3, -0.25) is 4.79 Å². The van der Waals surface area contributed by atoms with E-state index in [1.807, 2.05) is 6.92 Å². The molecule has 0 aromatic heterocycles. The Labute approximate surface area is 128 Å². The summed E-state index contributed by atoms with van der Waals surface area (Å²) in [5, 5.41) is 4.33. The van der Waals surface area contributed by atoms with E-state index < -0.39 is 9.84 Å². The minimum Gasteiger partial charge on any atom is -0.273 e. The molecule has 1 aromatic rings. The number of hydrogen-bond donors (Lipinski definition) is 1. The Morgan fingerprint density at radius 2 is 2.10 bits per heavy atom. The fourth-order valence-corrected chi connectivity index (χ4v) is 2.87. The van der Waals surface area contributed by atoms with Crippen molar-refractivity contribution in [2.45, 2.75) is 18.2 Å². The number of rotatable bonds is 3. The molecule has 5 nitrogen and oxygen atoms in total. The van der Waals surface area contributed by atoms with Crippen LogP contribution in [-0.2, 0) is 14.6 Å². The minimum atomic E-state index is -3.27. The van der Waals surface area contributed by atoms with Crippen LogP contribution in [0.2, 0.25) is 5.02 Å². The zero-order chi connectivity index (χ0) is 15.6. The Kier molecular flexibility index (Phi) is 4.49. The highest BCUT2D eigenvalue weighted by Gasteiger charge is 2.18.